The zero-order valence-electron chi connectivity index (χ0n) is 18.3. The number of nitrogens with zero attached hydrogens (tertiary/aromatic N) is 5. The number of aryl methyl sites for hydroxylation is 1. The van der Waals surface area contributed by atoms with Gasteiger partial charge < -0.3 is 4.74 Å². The van der Waals surface area contributed by atoms with E-state index in [1.54, 1.807) is 34.6 Å². The molecule has 0 N–H and O–H groups in total. The Bertz CT molecular complexity index is 1390. The van der Waals surface area contributed by atoms with Crippen molar-refractivity contribution in [1.29, 1.82) is 5.26 Å². The number of benzene rings is 2. The Morgan fingerprint density at radius 1 is 1.21 bits per heavy atom. The third kappa shape index (κ3) is 4.81. The van der Waals surface area contributed by atoms with Gasteiger partial charge in [-0.05, 0) is 43.7 Å². The Kier molecular flexibility index (Phi) is 7.14. The van der Waals surface area contributed by atoms with Crippen LogP contribution in [0.4, 0.5) is 0 Å². The number of aromatic nitrogens is 4. The van der Waals surface area contributed by atoms with E-state index in [2.05, 4.69) is 11.2 Å². The van der Waals surface area contributed by atoms with Crippen LogP contribution in [0.3, 0.4) is 0 Å². The molecule has 0 amide bonds. The number of methoxy groups -OCH3 is 1. The fourth-order valence-corrected chi connectivity index (χ4v) is 4.81. The van der Waals surface area contributed by atoms with Crippen molar-refractivity contribution in [2.75, 3.05) is 13.7 Å². The molecule has 0 spiro atoms. The molecule has 4 aromatic rings. The van der Waals surface area contributed by atoms with Crippen molar-refractivity contribution in [1.82, 2.24) is 19.3 Å². The van der Waals surface area contributed by atoms with Crippen LogP contribution in [0.15, 0.2) is 58.5 Å². The van der Waals surface area contributed by atoms with Crippen molar-refractivity contribution in [2.24, 2.45) is 0 Å². The first-order valence-corrected chi connectivity index (χ1v) is 11.8. The van der Waals surface area contributed by atoms with Gasteiger partial charge in [0, 0.05) is 31.0 Å². The lowest BCUT2D eigenvalue weighted by molar-refractivity contribution is 0.189. The summed E-state index contributed by atoms with van der Waals surface area (Å²) in [6, 6.07) is 17.0. The van der Waals surface area contributed by atoms with E-state index < -0.39 is 0 Å². The summed E-state index contributed by atoms with van der Waals surface area (Å²) in [7, 11) is 1.63. The van der Waals surface area contributed by atoms with Crippen molar-refractivity contribution < 1.29 is 4.74 Å². The highest BCUT2D eigenvalue weighted by molar-refractivity contribution is 7.98. The maximum Gasteiger partial charge on any atom is 0.262 e. The van der Waals surface area contributed by atoms with Crippen molar-refractivity contribution in [3.8, 4) is 11.8 Å². The number of para-hydroxylation sites is 1. The number of halogens is 1. The molecule has 0 atom stereocenters. The Balaban J connectivity index is 1.76. The predicted molar refractivity (Wildman–Crippen MR) is 130 cm³/mol. The van der Waals surface area contributed by atoms with Gasteiger partial charge in [-0.15, -0.1) is 0 Å². The van der Waals surface area contributed by atoms with Gasteiger partial charge in [-0.2, -0.15) is 10.4 Å². The van der Waals surface area contributed by atoms with E-state index in [4.69, 9.17) is 21.3 Å². The molecule has 33 heavy (non-hydrogen) atoms. The molecular formula is C24H22ClN5O2S. The zero-order chi connectivity index (χ0) is 23.4. The van der Waals surface area contributed by atoms with E-state index in [0.29, 0.717) is 57.7 Å². The summed E-state index contributed by atoms with van der Waals surface area (Å²) in [5, 5.41) is 15.9. The van der Waals surface area contributed by atoms with Crippen molar-refractivity contribution in [2.45, 2.75) is 30.8 Å². The molecule has 0 saturated carbocycles. The Morgan fingerprint density at radius 2 is 2.00 bits per heavy atom. The van der Waals surface area contributed by atoms with Crippen LogP contribution in [0, 0.1) is 18.3 Å². The first-order valence-electron chi connectivity index (χ1n) is 10.4. The van der Waals surface area contributed by atoms with E-state index in [0.717, 1.165) is 11.4 Å². The van der Waals surface area contributed by atoms with Crippen LogP contribution in [0.2, 0.25) is 5.02 Å². The van der Waals surface area contributed by atoms with Gasteiger partial charge in [0.1, 0.15) is 6.07 Å². The summed E-state index contributed by atoms with van der Waals surface area (Å²) in [5.74, 6) is 0.418. The first-order chi connectivity index (χ1) is 16.0. The number of hydrogen-bond acceptors (Lipinski definition) is 6. The molecule has 0 aliphatic heterocycles. The molecule has 0 fully saturated rings. The molecule has 0 radical (unpaired) electrons. The maximum absolute atomic E-state index is 13.2. The lowest BCUT2D eigenvalue weighted by Crippen LogP contribution is -2.24. The van der Waals surface area contributed by atoms with E-state index in [1.807, 2.05) is 37.3 Å². The smallest absolute Gasteiger partial charge is 0.262 e. The number of thioether (sulfide) groups is 1. The van der Waals surface area contributed by atoms with Gasteiger partial charge in [-0.1, -0.05) is 41.6 Å². The fraction of sp³-hybridized carbons (Fsp3) is 0.250. The summed E-state index contributed by atoms with van der Waals surface area (Å²) >= 11 is 7.55. The average Bonchev–Trinajstić information content (AvgIpc) is 3.14. The summed E-state index contributed by atoms with van der Waals surface area (Å²) < 4.78 is 8.62. The summed E-state index contributed by atoms with van der Waals surface area (Å²) in [6.07, 6.45) is 0.676. The topological polar surface area (TPSA) is 85.7 Å². The standard InChI is InChI=1S/C24H22ClN5O2S/c1-16-20(14-26)22(30(28-16)18-7-4-3-5-8-18)15-33-24-27-21-13-17(25)9-10-19(21)23(31)29(24)11-6-12-32-2/h3-5,7-10,13H,6,11-12,15H2,1-2H3. The minimum absolute atomic E-state index is 0.122. The molecule has 4 rings (SSSR count). The normalized spacial score (nSPS) is 11.1. The van der Waals surface area contributed by atoms with Crippen LogP contribution in [0.25, 0.3) is 16.6 Å². The highest BCUT2D eigenvalue weighted by atomic mass is 35.5. The SMILES string of the molecule is COCCCn1c(SCc2c(C#N)c(C)nn2-c2ccccc2)nc2cc(Cl)ccc2c1=O. The van der Waals surface area contributed by atoms with Crippen LogP contribution in [0.5, 0.6) is 0 Å². The molecule has 168 valence electrons. The number of hydrogen-bond donors (Lipinski definition) is 0. The van der Waals surface area contributed by atoms with Gasteiger partial charge in [-0.25, -0.2) is 9.67 Å². The Labute approximate surface area is 200 Å². The third-order valence-electron chi connectivity index (χ3n) is 5.22. The molecule has 7 nitrogen and oxygen atoms in total. The zero-order valence-corrected chi connectivity index (χ0v) is 19.9. The van der Waals surface area contributed by atoms with Crippen molar-refractivity contribution in [3.63, 3.8) is 0 Å². The minimum atomic E-state index is -0.122. The monoisotopic (exact) mass is 479 g/mol. The molecule has 0 aliphatic rings. The first kappa shape index (κ1) is 23.1. The van der Waals surface area contributed by atoms with Gasteiger partial charge >= 0.3 is 0 Å². The molecule has 2 heterocycles. The molecule has 9 heteroatoms. The maximum atomic E-state index is 13.2. The highest BCUT2D eigenvalue weighted by Crippen LogP contribution is 2.27. The summed E-state index contributed by atoms with van der Waals surface area (Å²) in [4.78, 5) is 18.0. The molecule has 0 bridgehead atoms. The molecule has 2 aromatic carbocycles. The van der Waals surface area contributed by atoms with E-state index in [-0.39, 0.29) is 5.56 Å². The summed E-state index contributed by atoms with van der Waals surface area (Å²) in [5.41, 5.74) is 3.24. The van der Waals surface area contributed by atoms with Gasteiger partial charge in [0.05, 0.1) is 33.5 Å². The van der Waals surface area contributed by atoms with Gasteiger partial charge in [0.2, 0.25) is 0 Å². The average molecular weight is 480 g/mol. The highest BCUT2D eigenvalue weighted by Gasteiger charge is 2.19. The number of nitriles is 1. The number of rotatable bonds is 8. The molecule has 2 aromatic heterocycles. The fourth-order valence-electron chi connectivity index (χ4n) is 3.62. The van der Waals surface area contributed by atoms with Crippen LogP contribution in [-0.2, 0) is 17.0 Å². The van der Waals surface area contributed by atoms with Crippen LogP contribution < -0.4 is 5.56 Å². The lowest BCUT2D eigenvalue weighted by atomic mass is 10.2. The van der Waals surface area contributed by atoms with Gasteiger partial charge in [0.25, 0.3) is 5.56 Å². The van der Waals surface area contributed by atoms with Crippen LogP contribution >= 0.6 is 23.4 Å². The van der Waals surface area contributed by atoms with Crippen LogP contribution in [0.1, 0.15) is 23.4 Å². The predicted octanol–water partition coefficient (Wildman–Crippen LogP) is 4.74. The van der Waals surface area contributed by atoms with Crippen LogP contribution in [-0.4, -0.2) is 33.0 Å². The second-order valence-corrected chi connectivity index (χ2v) is 8.79. The van der Waals surface area contributed by atoms with Crippen molar-refractivity contribution in [3.05, 3.63) is 80.9 Å². The van der Waals surface area contributed by atoms with Gasteiger partial charge in [-0.3, -0.25) is 9.36 Å². The second-order valence-electron chi connectivity index (χ2n) is 7.41. The van der Waals surface area contributed by atoms with E-state index >= 15 is 0 Å². The second kappa shape index (κ2) is 10.2. The third-order valence-corrected chi connectivity index (χ3v) is 6.44. The van der Waals surface area contributed by atoms with E-state index in [1.165, 1.54) is 11.8 Å². The largest absolute Gasteiger partial charge is 0.385 e. The number of ether oxygens (including phenoxy) is 1. The van der Waals surface area contributed by atoms with Gasteiger partial charge in [0.15, 0.2) is 5.16 Å². The molecule has 0 unspecified atom stereocenters. The molecule has 0 aliphatic carbocycles. The molecular weight excluding hydrogens is 458 g/mol. The Morgan fingerprint density at radius 3 is 2.73 bits per heavy atom. The molecule has 0 saturated heterocycles. The van der Waals surface area contributed by atoms with Crippen molar-refractivity contribution >= 4 is 34.3 Å². The quantitative estimate of drug-likeness (QED) is 0.206. The minimum Gasteiger partial charge on any atom is -0.385 e. The number of fused-ring (bicyclic) bond motifs is 1. The van der Waals surface area contributed by atoms with E-state index in [9.17, 15) is 10.1 Å². The summed E-state index contributed by atoms with van der Waals surface area (Å²) in [6.45, 7) is 2.83. The lowest BCUT2D eigenvalue weighted by Gasteiger charge is -2.14. The Hall–Kier alpha value is -3.12.